The highest BCUT2D eigenvalue weighted by Gasteiger charge is 2.30. The molecule has 1 aromatic rings. The van der Waals surface area contributed by atoms with Crippen LogP contribution in [0.5, 0.6) is 0 Å². The molecule has 1 N–H and O–H groups in total. The Balaban J connectivity index is 2.14. The van der Waals surface area contributed by atoms with Gasteiger partial charge in [-0.05, 0) is 24.0 Å². The van der Waals surface area contributed by atoms with Gasteiger partial charge in [0.15, 0.2) is 5.82 Å². The van der Waals surface area contributed by atoms with Crippen molar-refractivity contribution in [3.05, 3.63) is 5.82 Å². The molecule has 1 saturated carbocycles. The van der Waals surface area contributed by atoms with Gasteiger partial charge in [0.25, 0.3) is 0 Å². The van der Waals surface area contributed by atoms with Crippen molar-refractivity contribution >= 4 is 5.97 Å². The van der Waals surface area contributed by atoms with Gasteiger partial charge < -0.3 is 5.11 Å². The van der Waals surface area contributed by atoms with Gasteiger partial charge in [-0.25, -0.2) is 0 Å². The van der Waals surface area contributed by atoms with E-state index in [2.05, 4.69) is 15.4 Å². The topological polar surface area (TPSA) is 80.9 Å². The number of aryl methyl sites for hydroxylation is 1. The number of hydrogen-bond acceptors (Lipinski definition) is 4. The molecule has 0 amide bonds. The molecule has 0 saturated heterocycles. The molecule has 0 spiro atoms. The number of carbonyl (C=O) groups is 1. The van der Waals surface area contributed by atoms with Crippen molar-refractivity contribution in [3.63, 3.8) is 0 Å². The van der Waals surface area contributed by atoms with Gasteiger partial charge >= 0.3 is 5.97 Å². The first-order chi connectivity index (χ1) is 8.16. The highest BCUT2D eigenvalue weighted by molar-refractivity contribution is 5.67. The number of nitrogens with zero attached hydrogens (tertiary/aromatic N) is 4. The Morgan fingerprint density at radius 2 is 2.18 bits per heavy atom. The molecule has 94 valence electrons. The highest BCUT2D eigenvalue weighted by atomic mass is 16.4. The number of tetrazole rings is 1. The minimum atomic E-state index is -0.784. The largest absolute Gasteiger partial charge is 0.481 e. The monoisotopic (exact) mass is 238 g/mol. The lowest BCUT2D eigenvalue weighted by atomic mass is 9.78. The third-order valence-electron chi connectivity index (χ3n) is 3.47. The Morgan fingerprint density at radius 3 is 2.71 bits per heavy atom. The first-order valence-corrected chi connectivity index (χ1v) is 6.12. The molecule has 2 rings (SSSR count). The standard InChI is InChI=1S/C11H18N4O2/c1-15-13-11(12-14-15)9(7-10(16)17)8-5-3-2-4-6-8/h8-9H,2-7H2,1H3,(H,16,17). The average molecular weight is 238 g/mol. The maximum atomic E-state index is 10.9. The highest BCUT2D eigenvalue weighted by Crippen LogP contribution is 2.36. The maximum absolute atomic E-state index is 10.9. The molecule has 6 nitrogen and oxygen atoms in total. The summed E-state index contributed by atoms with van der Waals surface area (Å²) in [5, 5.41) is 21.0. The lowest BCUT2D eigenvalue weighted by molar-refractivity contribution is -0.137. The summed E-state index contributed by atoms with van der Waals surface area (Å²) in [7, 11) is 1.70. The number of carboxylic acids is 1. The van der Waals surface area contributed by atoms with Crippen molar-refractivity contribution in [1.82, 2.24) is 20.2 Å². The second kappa shape index (κ2) is 5.25. The first kappa shape index (κ1) is 12.0. The van der Waals surface area contributed by atoms with Crippen molar-refractivity contribution in [2.75, 3.05) is 0 Å². The van der Waals surface area contributed by atoms with Gasteiger partial charge in [-0.15, -0.1) is 10.2 Å². The lowest BCUT2D eigenvalue weighted by Crippen LogP contribution is -2.20. The van der Waals surface area contributed by atoms with Crippen LogP contribution >= 0.6 is 0 Å². The molecule has 1 aliphatic rings. The molecule has 0 aliphatic heterocycles. The maximum Gasteiger partial charge on any atom is 0.304 e. The third-order valence-corrected chi connectivity index (χ3v) is 3.47. The van der Waals surface area contributed by atoms with Gasteiger partial charge in [-0.3, -0.25) is 4.79 Å². The second-order valence-electron chi connectivity index (χ2n) is 4.74. The predicted molar refractivity (Wildman–Crippen MR) is 60.4 cm³/mol. The van der Waals surface area contributed by atoms with E-state index < -0.39 is 5.97 Å². The zero-order valence-corrected chi connectivity index (χ0v) is 10.0. The molecule has 0 bridgehead atoms. The molecule has 17 heavy (non-hydrogen) atoms. The van der Waals surface area contributed by atoms with Crippen LogP contribution < -0.4 is 0 Å². The van der Waals surface area contributed by atoms with Crippen molar-refractivity contribution < 1.29 is 9.90 Å². The summed E-state index contributed by atoms with van der Waals surface area (Å²) in [4.78, 5) is 12.3. The van der Waals surface area contributed by atoms with Crippen LogP contribution in [0.25, 0.3) is 0 Å². The number of rotatable bonds is 4. The molecule has 1 aromatic heterocycles. The molecule has 1 aliphatic carbocycles. The fourth-order valence-corrected chi connectivity index (χ4v) is 2.64. The van der Waals surface area contributed by atoms with Crippen LogP contribution in [0.2, 0.25) is 0 Å². The second-order valence-corrected chi connectivity index (χ2v) is 4.74. The Bertz CT molecular complexity index is 385. The molecular formula is C11H18N4O2. The summed E-state index contributed by atoms with van der Waals surface area (Å²) in [6.07, 6.45) is 5.88. The number of aromatic nitrogens is 4. The summed E-state index contributed by atoms with van der Waals surface area (Å²) in [6, 6.07) is 0. The Morgan fingerprint density at radius 1 is 1.47 bits per heavy atom. The van der Waals surface area contributed by atoms with Gasteiger partial charge in [0.1, 0.15) is 0 Å². The minimum absolute atomic E-state index is 0.0819. The Hall–Kier alpha value is -1.46. The molecule has 0 aromatic carbocycles. The molecule has 1 atom stereocenters. The fraction of sp³-hybridized carbons (Fsp3) is 0.818. The molecule has 0 radical (unpaired) electrons. The quantitative estimate of drug-likeness (QED) is 0.856. The van der Waals surface area contributed by atoms with E-state index in [1.54, 1.807) is 7.05 Å². The van der Waals surface area contributed by atoms with E-state index in [0.29, 0.717) is 11.7 Å². The predicted octanol–water partition coefficient (Wildman–Crippen LogP) is 1.35. The van der Waals surface area contributed by atoms with Crippen molar-refractivity contribution in [3.8, 4) is 0 Å². The molecule has 1 heterocycles. The molecule has 6 heteroatoms. The Kier molecular flexibility index (Phi) is 3.71. The van der Waals surface area contributed by atoms with E-state index in [9.17, 15) is 4.79 Å². The van der Waals surface area contributed by atoms with Crippen LogP contribution in [0.15, 0.2) is 0 Å². The van der Waals surface area contributed by atoms with Crippen LogP contribution in [0.3, 0.4) is 0 Å². The third kappa shape index (κ3) is 3.01. The Labute approximate surface area is 100 Å². The van der Waals surface area contributed by atoms with E-state index in [1.807, 2.05) is 0 Å². The van der Waals surface area contributed by atoms with Crippen LogP contribution in [-0.2, 0) is 11.8 Å². The van der Waals surface area contributed by atoms with Crippen molar-refractivity contribution in [2.24, 2.45) is 13.0 Å². The van der Waals surface area contributed by atoms with E-state index in [0.717, 1.165) is 12.8 Å². The van der Waals surface area contributed by atoms with Gasteiger partial charge in [-0.1, -0.05) is 19.3 Å². The zero-order valence-electron chi connectivity index (χ0n) is 10.0. The van der Waals surface area contributed by atoms with E-state index in [4.69, 9.17) is 5.11 Å². The van der Waals surface area contributed by atoms with Crippen molar-refractivity contribution in [2.45, 2.75) is 44.4 Å². The molecule has 1 fully saturated rings. The summed E-state index contributed by atoms with van der Waals surface area (Å²) >= 11 is 0. The minimum Gasteiger partial charge on any atom is -0.481 e. The molecule has 1 unspecified atom stereocenters. The van der Waals surface area contributed by atoms with Crippen LogP contribution in [0.1, 0.15) is 50.3 Å². The number of carboxylic acid groups (broad SMARTS) is 1. The van der Waals surface area contributed by atoms with Crippen LogP contribution in [0.4, 0.5) is 0 Å². The van der Waals surface area contributed by atoms with E-state index >= 15 is 0 Å². The average Bonchev–Trinajstić information content (AvgIpc) is 2.73. The summed E-state index contributed by atoms with van der Waals surface area (Å²) in [5.74, 6) is 0.111. The zero-order chi connectivity index (χ0) is 12.3. The van der Waals surface area contributed by atoms with E-state index in [1.165, 1.54) is 24.1 Å². The lowest BCUT2D eigenvalue weighted by Gasteiger charge is -2.27. The van der Waals surface area contributed by atoms with Gasteiger partial charge in [0.2, 0.25) is 0 Å². The summed E-state index contributed by atoms with van der Waals surface area (Å²) in [5.41, 5.74) is 0. The molecular weight excluding hydrogens is 220 g/mol. The fourth-order valence-electron chi connectivity index (χ4n) is 2.64. The SMILES string of the molecule is Cn1nnc(C(CC(=O)O)C2CCCCC2)n1. The van der Waals surface area contributed by atoms with Crippen LogP contribution in [0, 0.1) is 5.92 Å². The smallest absolute Gasteiger partial charge is 0.304 e. The van der Waals surface area contributed by atoms with Crippen molar-refractivity contribution in [1.29, 1.82) is 0 Å². The van der Waals surface area contributed by atoms with Gasteiger partial charge in [-0.2, -0.15) is 4.80 Å². The number of aliphatic carboxylic acids is 1. The van der Waals surface area contributed by atoms with Crippen LogP contribution in [-0.4, -0.2) is 31.3 Å². The number of hydrogen-bond donors (Lipinski definition) is 1. The summed E-state index contributed by atoms with van der Waals surface area (Å²) in [6.45, 7) is 0. The summed E-state index contributed by atoms with van der Waals surface area (Å²) < 4.78 is 0. The van der Waals surface area contributed by atoms with Gasteiger partial charge in [0, 0.05) is 5.92 Å². The normalized spacial score (nSPS) is 19.1. The first-order valence-electron chi connectivity index (χ1n) is 6.12. The van der Waals surface area contributed by atoms with Gasteiger partial charge in [0.05, 0.1) is 13.5 Å². The van der Waals surface area contributed by atoms with E-state index in [-0.39, 0.29) is 12.3 Å².